The van der Waals surface area contributed by atoms with Gasteiger partial charge in [-0.05, 0) is 66.1 Å². The minimum Gasteiger partial charge on any atom is -0.0656 e. The fourth-order valence-electron chi connectivity index (χ4n) is 6.73. The van der Waals surface area contributed by atoms with Gasteiger partial charge in [-0.3, -0.25) is 0 Å². The highest BCUT2D eigenvalue weighted by molar-refractivity contribution is 6.89. The second-order valence-electron chi connectivity index (χ2n) is 14.7. The molecule has 0 spiro atoms. The van der Waals surface area contributed by atoms with Crippen LogP contribution in [0.2, 0.25) is 39.3 Å². The maximum Gasteiger partial charge on any atom is 0.0775 e. The quantitative estimate of drug-likeness (QED) is 0.127. The summed E-state index contributed by atoms with van der Waals surface area (Å²) in [6.07, 6.45) is 0. The zero-order valence-corrected chi connectivity index (χ0v) is 29.9. The van der Waals surface area contributed by atoms with Crippen molar-refractivity contribution in [2.75, 3.05) is 0 Å². The van der Waals surface area contributed by atoms with Crippen molar-refractivity contribution in [2.24, 2.45) is 0 Å². The van der Waals surface area contributed by atoms with Gasteiger partial charge in [-0.2, -0.15) is 0 Å². The van der Waals surface area contributed by atoms with Crippen molar-refractivity contribution in [3.8, 4) is 44.5 Å². The first-order chi connectivity index (χ1) is 22.1. The minimum atomic E-state index is -1.32. The van der Waals surface area contributed by atoms with Crippen LogP contribution < -0.4 is 10.4 Å². The number of fused-ring (bicyclic) bond motifs is 2. The number of hydrogen-bond acceptors (Lipinski definition) is 0. The van der Waals surface area contributed by atoms with Gasteiger partial charge in [-0.1, -0.05) is 195 Å². The van der Waals surface area contributed by atoms with E-state index in [1.165, 1.54) is 76.4 Å². The molecule has 0 atom stereocenters. The zero-order chi connectivity index (χ0) is 32.1. The summed E-state index contributed by atoms with van der Waals surface area (Å²) in [7, 11) is -2.63. The van der Waals surface area contributed by atoms with E-state index in [1.807, 2.05) is 0 Å². The smallest absolute Gasteiger partial charge is 0.0656 e. The van der Waals surface area contributed by atoms with Crippen LogP contribution in [0.25, 0.3) is 66.1 Å². The Kier molecular flexibility index (Phi) is 7.67. The molecule has 0 saturated carbocycles. The summed E-state index contributed by atoms with van der Waals surface area (Å²) >= 11 is 0. The van der Waals surface area contributed by atoms with Crippen molar-refractivity contribution in [3.63, 3.8) is 0 Å². The van der Waals surface area contributed by atoms with Gasteiger partial charge in [-0.25, -0.2) is 0 Å². The second-order valence-corrected chi connectivity index (χ2v) is 24.8. The lowest BCUT2D eigenvalue weighted by molar-refractivity contribution is 1.60. The highest BCUT2D eigenvalue weighted by Gasteiger charge is 2.19. The van der Waals surface area contributed by atoms with Crippen molar-refractivity contribution in [3.05, 3.63) is 146 Å². The van der Waals surface area contributed by atoms with Crippen LogP contribution in [-0.2, 0) is 0 Å². The molecule has 0 aliphatic carbocycles. The highest BCUT2D eigenvalue weighted by Crippen LogP contribution is 2.44. The number of rotatable bonds is 6. The minimum absolute atomic E-state index is 1.25. The Balaban J connectivity index is 1.31. The summed E-state index contributed by atoms with van der Waals surface area (Å²) in [5.41, 5.74) is 10.2. The normalized spacial score (nSPS) is 12.1. The van der Waals surface area contributed by atoms with Crippen LogP contribution in [0.3, 0.4) is 0 Å². The van der Waals surface area contributed by atoms with Gasteiger partial charge in [0.25, 0.3) is 0 Å². The van der Waals surface area contributed by atoms with Crippen LogP contribution in [0.4, 0.5) is 0 Å². The fraction of sp³-hybridized carbons (Fsp3) is 0.136. The van der Waals surface area contributed by atoms with Crippen LogP contribution in [0.1, 0.15) is 0 Å². The molecular formula is C44H42Si2. The average Bonchev–Trinajstić information content (AvgIpc) is 3.07. The third-order valence-corrected chi connectivity index (χ3v) is 13.6. The fourth-order valence-corrected chi connectivity index (χ4v) is 9.07. The van der Waals surface area contributed by atoms with E-state index in [9.17, 15) is 0 Å². The van der Waals surface area contributed by atoms with Gasteiger partial charge >= 0.3 is 0 Å². The summed E-state index contributed by atoms with van der Waals surface area (Å²) in [6, 6.07) is 54.6. The van der Waals surface area contributed by atoms with Crippen LogP contribution in [0, 0.1) is 0 Å². The molecule has 0 aliphatic rings. The molecule has 7 aromatic rings. The van der Waals surface area contributed by atoms with E-state index in [0.717, 1.165) is 0 Å². The Morgan fingerprint density at radius 1 is 0.261 bits per heavy atom. The molecule has 7 aromatic carbocycles. The summed E-state index contributed by atoms with van der Waals surface area (Å²) in [5, 5.41) is 8.14. The van der Waals surface area contributed by atoms with E-state index in [0.29, 0.717) is 0 Å². The van der Waals surface area contributed by atoms with Crippen molar-refractivity contribution in [1.29, 1.82) is 0 Å². The largest absolute Gasteiger partial charge is 0.0775 e. The molecule has 226 valence electrons. The zero-order valence-electron chi connectivity index (χ0n) is 27.9. The van der Waals surface area contributed by atoms with Crippen LogP contribution in [0.5, 0.6) is 0 Å². The van der Waals surface area contributed by atoms with Gasteiger partial charge in [-0.15, -0.1) is 0 Å². The molecule has 0 bridgehead atoms. The van der Waals surface area contributed by atoms with E-state index in [1.54, 1.807) is 0 Å². The maximum atomic E-state index is 2.40. The first kappa shape index (κ1) is 30.2. The Bertz CT molecular complexity index is 1940. The molecule has 0 N–H and O–H groups in total. The van der Waals surface area contributed by atoms with Crippen molar-refractivity contribution in [1.82, 2.24) is 0 Å². The maximum absolute atomic E-state index is 2.40. The second kappa shape index (κ2) is 11.7. The third kappa shape index (κ3) is 5.68. The van der Waals surface area contributed by atoms with Crippen molar-refractivity contribution in [2.45, 2.75) is 39.3 Å². The van der Waals surface area contributed by atoms with Crippen LogP contribution in [0.15, 0.2) is 146 Å². The predicted molar refractivity (Wildman–Crippen MR) is 209 cm³/mol. The van der Waals surface area contributed by atoms with Gasteiger partial charge in [0.2, 0.25) is 0 Å². The Morgan fingerprint density at radius 3 is 0.717 bits per heavy atom. The lowest BCUT2D eigenvalue weighted by Gasteiger charge is -2.19. The van der Waals surface area contributed by atoms with Crippen molar-refractivity contribution < 1.29 is 0 Å². The monoisotopic (exact) mass is 626 g/mol. The molecule has 0 nitrogen and oxygen atoms in total. The Labute approximate surface area is 276 Å². The Hall–Kier alpha value is -4.51. The lowest BCUT2D eigenvalue weighted by atomic mass is 9.85. The molecule has 0 aliphatic heterocycles. The molecule has 0 saturated heterocycles. The molecule has 0 heterocycles. The summed E-state index contributed by atoms with van der Waals surface area (Å²) in [5.74, 6) is 0. The summed E-state index contributed by atoms with van der Waals surface area (Å²) in [4.78, 5) is 0. The third-order valence-electron chi connectivity index (χ3n) is 9.45. The van der Waals surface area contributed by atoms with Gasteiger partial charge < -0.3 is 0 Å². The molecule has 46 heavy (non-hydrogen) atoms. The van der Waals surface area contributed by atoms with Gasteiger partial charge in [0.1, 0.15) is 0 Å². The SMILES string of the molecule is C[Si](C)(C)c1ccc(-c2ccc(-c3c4ccccc4c(-c4ccc(-c5ccc([Si](C)(C)C)cc5)cc4)c4ccccc34)cc2)cc1. The van der Waals surface area contributed by atoms with E-state index in [4.69, 9.17) is 0 Å². The summed E-state index contributed by atoms with van der Waals surface area (Å²) < 4.78 is 0. The molecule has 2 heteroatoms. The molecule has 0 radical (unpaired) electrons. The first-order valence-corrected chi connectivity index (χ1v) is 23.4. The molecule has 0 unspecified atom stereocenters. The van der Waals surface area contributed by atoms with E-state index in [-0.39, 0.29) is 0 Å². The molecule has 0 fully saturated rings. The lowest BCUT2D eigenvalue weighted by Crippen LogP contribution is -2.37. The van der Waals surface area contributed by atoms with Crippen LogP contribution >= 0.6 is 0 Å². The molecular weight excluding hydrogens is 585 g/mol. The molecule has 7 rings (SSSR count). The predicted octanol–water partition coefficient (Wildman–Crippen LogP) is 11.8. The van der Waals surface area contributed by atoms with Gasteiger partial charge in [0, 0.05) is 0 Å². The van der Waals surface area contributed by atoms with E-state index >= 15 is 0 Å². The Morgan fingerprint density at radius 2 is 0.478 bits per heavy atom. The number of benzene rings is 7. The molecule has 0 aromatic heterocycles. The van der Waals surface area contributed by atoms with E-state index in [2.05, 4.69) is 185 Å². The highest BCUT2D eigenvalue weighted by atomic mass is 28.3. The molecule has 0 amide bonds. The van der Waals surface area contributed by atoms with Crippen LogP contribution in [-0.4, -0.2) is 16.1 Å². The number of hydrogen-bond donors (Lipinski definition) is 0. The summed E-state index contributed by atoms with van der Waals surface area (Å²) in [6.45, 7) is 14.4. The van der Waals surface area contributed by atoms with Crippen molar-refractivity contribution >= 4 is 48.1 Å². The van der Waals surface area contributed by atoms with Gasteiger partial charge in [0.05, 0.1) is 16.1 Å². The standard InChI is InChI=1S/C44H42Si2/c1-45(2,3)37-27-23-33(24-28-37)31-15-19-35(20-16-31)43-39-11-7-9-13-41(39)44(42-14-10-8-12-40(42)43)36-21-17-32(18-22-36)34-25-29-38(30-26-34)46(4,5)6/h7-30H,1-6H3. The average molecular weight is 627 g/mol. The topological polar surface area (TPSA) is 0 Å². The first-order valence-electron chi connectivity index (χ1n) is 16.4. The van der Waals surface area contributed by atoms with E-state index < -0.39 is 16.1 Å². The van der Waals surface area contributed by atoms with Gasteiger partial charge in [0.15, 0.2) is 0 Å².